The Kier molecular flexibility index (Phi) is 8.11. The molecule has 28 heavy (non-hydrogen) atoms. The quantitative estimate of drug-likeness (QED) is 0.420. The standard InChI is InChI=1S/C21H34N4O3/c1-5-21(6-2)17(12-18(21)27-7-3)25-20(23-4)24-13-15-9-8-10-16(11-15)28-14-19(22)26/h8-11,17-18H,5-7,12-14H2,1-4H3,(H2,22,26)(H2,23,24,25). The molecule has 0 radical (unpaired) electrons. The number of ether oxygens (including phenoxy) is 2. The molecule has 1 fully saturated rings. The number of amides is 1. The van der Waals surface area contributed by atoms with E-state index in [1.165, 1.54) is 0 Å². The summed E-state index contributed by atoms with van der Waals surface area (Å²) in [5.74, 6) is 0.902. The number of nitrogens with two attached hydrogens (primary N) is 1. The highest BCUT2D eigenvalue weighted by Crippen LogP contribution is 2.48. The Hall–Kier alpha value is -2.28. The van der Waals surface area contributed by atoms with Gasteiger partial charge in [-0.25, -0.2) is 0 Å². The highest BCUT2D eigenvalue weighted by Gasteiger charge is 2.53. The topological polar surface area (TPSA) is 98.0 Å². The summed E-state index contributed by atoms with van der Waals surface area (Å²) in [5.41, 5.74) is 6.30. The molecule has 4 N–H and O–H groups in total. The van der Waals surface area contributed by atoms with Gasteiger partial charge in [0.1, 0.15) is 5.75 Å². The first kappa shape index (κ1) is 22.0. The molecular weight excluding hydrogens is 356 g/mol. The number of primary amides is 1. The molecule has 156 valence electrons. The van der Waals surface area contributed by atoms with Crippen molar-refractivity contribution in [1.29, 1.82) is 0 Å². The Morgan fingerprint density at radius 1 is 1.32 bits per heavy atom. The molecule has 2 unspecified atom stereocenters. The summed E-state index contributed by atoms with van der Waals surface area (Å²) in [7, 11) is 1.78. The van der Waals surface area contributed by atoms with Crippen molar-refractivity contribution in [2.24, 2.45) is 16.1 Å². The van der Waals surface area contributed by atoms with Gasteiger partial charge < -0.3 is 25.8 Å². The van der Waals surface area contributed by atoms with Gasteiger partial charge in [-0.1, -0.05) is 26.0 Å². The molecular formula is C21H34N4O3. The van der Waals surface area contributed by atoms with E-state index in [1.54, 1.807) is 13.1 Å². The fourth-order valence-electron chi connectivity index (χ4n) is 4.03. The number of carbonyl (C=O) groups excluding carboxylic acids is 1. The van der Waals surface area contributed by atoms with Gasteiger partial charge in [-0.15, -0.1) is 0 Å². The lowest BCUT2D eigenvalue weighted by Crippen LogP contribution is -2.65. The molecule has 1 aliphatic rings. The molecule has 0 heterocycles. The molecule has 0 bridgehead atoms. The maximum absolute atomic E-state index is 10.9. The number of rotatable bonds is 10. The van der Waals surface area contributed by atoms with Crippen LogP contribution >= 0.6 is 0 Å². The highest BCUT2D eigenvalue weighted by molar-refractivity contribution is 5.80. The SMILES string of the molecule is CCOC1CC(NC(=NC)NCc2cccc(OCC(N)=O)c2)C1(CC)CC. The number of hydrogen-bond donors (Lipinski definition) is 3. The molecule has 7 heteroatoms. The molecule has 1 aliphatic carbocycles. The first-order valence-electron chi connectivity index (χ1n) is 10.1. The van der Waals surface area contributed by atoms with E-state index in [2.05, 4.69) is 36.4 Å². The molecule has 0 aliphatic heterocycles. The van der Waals surface area contributed by atoms with Crippen molar-refractivity contribution < 1.29 is 14.3 Å². The maximum atomic E-state index is 10.9. The predicted octanol–water partition coefficient (Wildman–Crippen LogP) is 2.20. The van der Waals surface area contributed by atoms with Crippen LogP contribution in [0.2, 0.25) is 0 Å². The average molecular weight is 391 g/mol. The Labute approximate surface area is 168 Å². The largest absolute Gasteiger partial charge is 0.484 e. The molecule has 0 saturated heterocycles. The number of hydrogen-bond acceptors (Lipinski definition) is 4. The summed E-state index contributed by atoms with van der Waals surface area (Å²) < 4.78 is 11.3. The molecule has 0 aromatic heterocycles. The summed E-state index contributed by atoms with van der Waals surface area (Å²) in [6.07, 6.45) is 3.44. The molecule has 0 spiro atoms. The zero-order valence-electron chi connectivity index (χ0n) is 17.5. The number of guanidine groups is 1. The second kappa shape index (κ2) is 10.3. The number of aliphatic imine (C=N–C) groups is 1. The predicted molar refractivity (Wildman–Crippen MR) is 111 cm³/mol. The smallest absolute Gasteiger partial charge is 0.255 e. The summed E-state index contributed by atoms with van der Waals surface area (Å²) in [4.78, 5) is 15.2. The minimum absolute atomic E-state index is 0.126. The maximum Gasteiger partial charge on any atom is 0.255 e. The number of benzene rings is 1. The summed E-state index contributed by atoms with van der Waals surface area (Å²) in [6, 6.07) is 7.92. The van der Waals surface area contributed by atoms with Crippen molar-refractivity contribution in [3.8, 4) is 5.75 Å². The van der Waals surface area contributed by atoms with E-state index in [9.17, 15) is 4.79 Å². The van der Waals surface area contributed by atoms with Crippen molar-refractivity contribution in [3.05, 3.63) is 29.8 Å². The van der Waals surface area contributed by atoms with E-state index in [1.807, 2.05) is 18.2 Å². The summed E-state index contributed by atoms with van der Waals surface area (Å²) >= 11 is 0. The van der Waals surface area contributed by atoms with Crippen LogP contribution in [-0.2, 0) is 16.1 Å². The van der Waals surface area contributed by atoms with Crippen molar-refractivity contribution in [1.82, 2.24) is 10.6 Å². The fourth-order valence-corrected chi connectivity index (χ4v) is 4.03. The zero-order chi connectivity index (χ0) is 20.6. The Bertz CT molecular complexity index is 673. The number of carbonyl (C=O) groups is 1. The lowest BCUT2D eigenvalue weighted by atomic mass is 9.58. The van der Waals surface area contributed by atoms with Gasteiger partial charge in [0.05, 0.1) is 6.10 Å². The van der Waals surface area contributed by atoms with Crippen LogP contribution in [0.5, 0.6) is 5.75 Å². The monoisotopic (exact) mass is 390 g/mol. The fraction of sp³-hybridized carbons (Fsp3) is 0.619. The normalized spacial score (nSPS) is 20.9. The minimum Gasteiger partial charge on any atom is -0.484 e. The van der Waals surface area contributed by atoms with Gasteiger partial charge in [-0.3, -0.25) is 9.79 Å². The van der Waals surface area contributed by atoms with Crippen LogP contribution in [0.3, 0.4) is 0 Å². The molecule has 7 nitrogen and oxygen atoms in total. The Morgan fingerprint density at radius 2 is 2.07 bits per heavy atom. The lowest BCUT2D eigenvalue weighted by molar-refractivity contribution is -0.133. The summed E-state index contributed by atoms with van der Waals surface area (Å²) in [5, 5.41) is 6.94. The van der Waals surface area contributed by atoms with Crippen molar-refractivity contribution in [3.63, 3.8) is 0 Å². The first-order chi connectivity index (χ1) is 13.5. The zero-order valence-corrected chi connectivity index (χ0v) is 17.5. The van der Waals surface area contributed by atoms with Crippen LogP contribution < -0.4 is 21.1 Å². The minimum atomic E-state index is -0.491. The van der Waals surface area contributed by atoms with Gasteiger partial charge in [-0.2, -0.15) is 0 Å². The van der Waals surface area contributed by atoms with Gasteiger partial charge >= 0.3 is 0 Å². The number of nitrogens with one attached hydrogen (secondary N) is 2. The molecule has 2 atom stereocenters. The molecule has 1 aromatic carbocycles. The van der Waals surface area contributed by atoms with E-state index in [4.69, 9.17) is 15.2 Å². The van der Waals surface area contributed by atoms with Crippen LogP contribution in [0.25, 0.3) is 0 Å². The van der Waals surface area contributed by atoms with Gasteiger partial charge in [0.2, 0.25) is 0 Å². The Morgan fingerprint density at radius 3 is 2.68 bits per heavy atom. The van der Waals surface area contributed by atoms with Crippen LogP contribution in [0.15, 0.2) is 29.3 Å². The van der Waals surface area contributed by atoms with Gasteiger partial charge in [-0.05, 0) is 43.9 Å². The van der Waals surface area contributed by atoms with E-state index < -0.39 is 5.91 Å². The number of nitrogens with zero attached hydrogens (tertiary/aromatic N) is 1. The molecule has 1 amide bonds. The lowest BCUT2D eigenvalue weighted by Gasteiger charge is -2.55. The van der Waals surface area contributed by atoms with Crippen molar-refractivity contribution >= 4 is 11.9 Å². The summed E-state index contributed by atoms with van der Waals surface area (Å²) in [6.45, 7) is 7.74. The average Bonchev–Trinajstić information content (AvgIpc) is 2.69. The molecule has 1 aromatic rings. The van der Waals surface area contributed by atoms with Crippen LogP contribution in [0.4, 0.5) is 0 Å². The molecule has 2 rings (SSSR count). The molecule has 1 saturated carbocycles. The Balaban J connectivity index is 1.93. The van der Waals surface area contributed by atoms with E-state index >= 15 is 0 Å². The van der Waals surface area contributed by atoms with Crippen molar-refractivity contribution in [2.75, 3.05) is 20.3 Å². The first-order valence-corrected chi connectivity index (χ1v) is 10.1. The second-order valence-electron chi connectivity index (χ2n) is 7.15. The van der Waals surface area contributed by atoms with E-state index in [-0.39, 0.29) is 12.0 Å². The van der Waals surface area contributed by atoms with Gasteiger partial charge in [0.25, 0.3) is 5.91 Å². The van der Waals surface area contributed by atoms with Crippen molar-refractivity contribution in [2.45, 2.75) is 58.7 Å². The second-order valence-corrected chi connectivity index (χ2v) is 7.15. The van der Waals surface area contributed by atoms with E-state index in [0.717, 1.165) is 37.4 Å². The third-order valence-corrected chi connectivity index (χ3v) is 5.74. The van der Waals surface area contributed by atoms with Crippen LogP contribution in [-0.4, -0.2) is 44.3 Å². The highest BCUT2D eigenvalue weighted by atomic mass is 16.5. The third-order valence-electron chi connectivity index (χ3n) is 5.74. The van der Waals surface area contributed by atoms with Gasteiger partial charge in [0.15, 0.2) is 12.6 Å². The van der Waals surface area contributed by atoms with Crippen LogP contribution in [0.1, 0.15) is 45.6 Å². The van der Waals surface area contributed by atoms with Gasteiger partial charge in [0, 0.05) is 31.7 Å². The van der Waals surface area contributed by atoms with E-state index in [0.29, 0.717) is 24.4 Å². The van der Waals surface area contributed by atoms with Crippen LogP contribution in [0, 0.1) is 5.41 Å². The third kappa shape index (κ3) is 5.16.